The van der Waals surface area contributed by atoms with Crippen LogP contribution in [0.4, 0.5) is 0 Å². The van der Waals surface area contributed by atoms with Crippen molar-refractivity contribution in [1.29, 1.82) is 0 Å². The Morgan fingerprint density at radius 1 is 1.09 bits per heavy atom. The van der Waals surface area contributed by atoms with Crippen LogP contribution in [0.3, 0.4) is 0 Å². The van der Waals surface area contributed by atoms with Crippen LogP contribution in [0.15, 0.2) is 42.7 Å². The zero-order chi connectivity index (χ0) is 22.7. The second-order valence-electron chi connectivity index (χ2n) is 7.45. The molecular weight excluding hydrogens is 430 g/mol. The van der Waals surface area contributed by atoms with Crippen LogP contribution in [0, 0.1) is 6.92 Å². The first-order valence-electron chi connectivity index (χ1n) is 9.90. The summed E-state index contributed by atoms with van der Waals surface area (Å²) in [7, 11) is 0. The van der Waals surface area contributed by atoms with Gasteiger partial charge in [0.25, 0.3) is 5.91 Å². The van der Waals surface area contributed by atoms with Gasteiger partial charge in [-0.05, 0) is 47.7 Å². The van der Waals surface area contributed by atoms with E-state index in [1.807, 2.05) is 26.8 Å². The number of hydrogen-bond donors (Lipinski definition) is 1. The van der Waals surface area contributed by atoms with E-state index < -0.39 is 0 Å². The number of nitrogens with zero attached hydrogens (tertiary/aromatic N) is 8. The second-order valence-corrected chi connectivity index (χ2v) is 7.83. The van der Waals surface area contributed by atoms with Gasteiger partial charge in [-0.2, -0.15) is 4.68 Å². The number of hydrogen-bond acceptors (Lipinski definition) is 8. The lowest BCUT2D eigenvalue weighted by Gasteiger charge is -2.12. The minimum absolute atomic E-state index is 0.0846. The van der Waals surface area contributed by atoms with Gasteiger partial charge in [0.15, 0.2) is 11.0 Å². The third kappa shape index (κ3) is 4.75. The van der Waals surface area contributed by atoms with E-state index in [2.05, 4.69) is 41.0 Å². The highest BCUT2D eigenvalue weighted by Gasteiger charge is 2.17. The summed E-state index contributed by atoms with van der Waals surface area (Å²) < 4.78 is 1.61. The van der Waals surface area contributed by atoms with Gasteiger partial charge in [-0.3, -0.25) is 14.8 Å². The molecule has 0 saturated carbocycles. The van der Waals surface area contributed by atoms with Gasteiger partial charge in [0.1, 0.15) is 0 Å². The van der Waals surface area contributed by atoms with Gasteiger partial charge < -0.3 is 5.32 Å². The number of nitrogens with one attached hydrogen (secondary N) is 1. The minimum atomic E-state index is -0.281. The van der Waals surface area contributed by atoms with Crippen LogP contribution >= 0.6 is 11.6 Å². The maximum absolute atomic E-state index is 13.0. The first kappa shape index (κ1) is 21.4. The Labute approximate surface area is 189 Å². The lowest BCUT2D eigenvalue weighted by Crippen LogP contribution is -2.24. The van der Waals surface area contributed by atoms with Crippen LogP contribution in [0.5, 0.6) is 0 Å². The molecule has 0 bridgehead atoms. The lowest BCUT2D eigenvalue weighted by atomic mass is 10.1. The third-order valence-corrected chi connectivity index (χ3v) is 4.83. The van der Waals surface area contributed by atoms with Gasteiger partial charge >= 0.3 is 0 Å². The normalized spacial score (nSPS) is 11.0. The first-order valence-corrected chi connectivity index (χ1v) is 10.3. The lowest BCUT2D eigenvalue weighted by molar-refractivity contribution is 0.0950. The molecule has 32 heavy (non-hydrogen) atoms. The molecule has 0 atom stereocenters. The minimum Gasteiger partial charge on any atom is -0.346 e. The van der Waals surface area contributed by atoms with Crippen molar-refractivity contribution in [2.75, 3.05) is 0 Å². The van der Waals surface area contributed by atoms with E-state index in [1.54, 1.807) is 41.3 Å². The van der Waals surface area contributed by atoms with Crippen molar-refractivity contribution in [3.05, 3.63) is 70.7 Å². The van der Waals surface area contributed by atoms with Crippen molar-refractivity contribution in [3.63, 3.8) is 0 Å². The molecule has 1 N–H and O–H groups in total. The van der Waals surface area contributed by atoms with Crippen molar-refractivity contribution in [2.24, 2.45) is 0 Å². The summed E-state index contributed by atoms with van der Waals surface area (Å²) >= 11 is 5.88. The number of carbonyl (C=O) groups excluding carboxylic acids is 1. The fourth-order valence-electron chi connectivity index (χ4n) is 3.00. The molecule has 10 nitrogen and oxygen atoms in total. The fourth-order valence-corrected chi connectivity index (χ4v) is 3.10. The van der Waals surface area contributed by atoms with Gasteiger partial charge in [0.05, 0.1) is 35.5 Å². The van der Waals surface area contributed by atoms with Crippen LogP contribution in [0.25, 0.3) is 16.9 Å². The topological polar surface area (TPSA) is 124 Å². The molecular formula is C21H20ClN9O. The number of tetrazole rings is 1. The van der Waals surface area contributed by atoms with Crippen molar-refractivity contribution >= 4 is 17.5 Å². The summed E-state index contributed by atoms with van der Waals surface area (Å²) in [5, 5.41) is 23.2. The molecule has 0 aliphatic rings. The molecule has 4 aromatic rings. The number of benzene rings is 1. The van der Waals surface area contributed by atoms with Crippen molar-refractivity contribution in [3.8, 4) is 16.9 Å². The zero-order valence-electron chi connectivity index (χ0n) is 17.7. The van der Waals surface area contributed by atoms with Crippen LogP contribution < -0.4 is 5.32 Å². The standard InChI is InChI=1S/C21H20ClN9O/c1-12(2)20-28-29-30-31(20)17-7-14(18-4-5-19(22)27-26-18)6-15(8-17)21(32)25-11-16-10-23-13(3)9-24-16/h4-10,12H,11H2,1-3H3,(H,25,32). The maximum Gasteiger partial charge on any atom is 0.251 e. The molecule has 0 spiro atoms. The summed E-state index contributed by atoms with van der Waals surface area (Å²) in [4.78, 5) is 21.5. The summed E-state index contributed by atoms with van der Waals surface area (Å²) in [6.07, 6.45) is 3.29. The zero-order valence-corrected chi connectivity index (χ0v) is 18.4. The average Bonchev–Trinajstić information content (AvgIpc) is 3.29. The summed E-state index contributed by atoms with van der Waals surface area (Å²) in [6.45, 7) is 6.08. The Morgan fingerprint density at radius 2 is 1.94 bits per heavy atom. The van der Waals surface area contributed by atoms with Gasteiger partial charge in [-0.25, -0.2) is 0 Å². The molecule has 0 aliphatic heterocycles. The molecule has 0 aliphatic carbocycles. The molecule has 0 radical (unpaired) electrons. The number of aryl methyl sites for hydroxylation is 1. The van der Waals surface area contributed by atoms with Crippen molar-refractivity contribution < 1.29 is 4.79 Å². The van der Waals surface area contributed by atoms with E-state index in [1.165, 1.54) is 0 Å². The Bertz CT molecular complexity index is 1240. The monoisotopic (exact) mass is 449 g/mol. The number of rotatable bonds is 6. The molecule has 3 aromatic heterocycles. The van der Waals surface area contributed by atoms with Gasteiger partial charge in [-0.1, -0.05) is 25.4 Å². The average molecular weight is 450 g/mol. The Balaban J connectivity index is 1.71. The Morgan fingerprint density at radius 3 is 2.62 bits per heavy atom. The molecule has 0 fully saturated rings. The van der Waals surface area contributed by atoms with Gasteiger partial charge in [0, 0.05) is 23.2 Å². The van der Waals surface area contributed by atoms with Crippen LogP contribution in [-0.2, 0) is 6.54 Å². The summed E-state index contributed by atoms with van der Waals surface area (Å²) in [6, 6.07) is 8.69. The SMILES string of the molecule is Cc1cnc(CNC(=O)c2cc(-c3ccc(Cl)nn3)cc(-n3nnnc3C(C)C)c2)cn1. The number of amides is 1. The molecule has 3 heterocycles. The molecule has 162 valence electrons. The van der Waals surface area contributed by atoms with Crippen LogP contribution in [0.1, 0.15) is 47.3 Å². The summed E-state index contributed by atoms with van der Waals surface area (Å²) in [5.74, 6) is 0.476. The van der Waals surface area contributed by atoms with E-state index in [4.69, 9.17) is 11.6 Å². The van der Waals surface area contributed by atoms with E-state index >= 15 is 0 Å². The van der Waals surface area contributed by atoms with Crippen molar-refractivity contribution in [2.45, 2.75) is 33.2 Å². The number of carbonyl (C=O) groups is 1. The maximum atomic E-state index is 13.0. The summed E-state index contributed by atoms with van der Waals surface area (Å²) in [5.41, 5.74) is 3.76. The molecule has 0 saturated heterocycles. The highest BCUT2D eigenvalue weighted by molar-refractivity contribution is 6.29. The van der Waals surface area contributed by atoms with E-state index in [-0.39, 0.29) is 23.5 Å². The fraction of sp³-hybridized carbons (Fsp3) is 0.238. The molecule has 4 rings (SSSR count). The largest absolute Gasteiger partial charge is 0.346 e. The van der Waals surface area contributed by atoms with E-state index in [0.717, 1.165) is 5.69 Å². The van der Waals surface area contributed by atoms with Crippen LogP contribution in [0.2, 0.25) is 5.15 Å². The smallest absolute Gasteiger partial charge is 0.251 e. The first-order chi connectivity index (χ1) is 15.4. The van der Waals surface area contributed by atoms with E-state index in [9.17, 15) is 4.79 Å². The van der Waals surface area contributed by atoms with Gasteiger partial charge in [-0.15, -0.1) is 15.3 Å². The highest BCUT2D eigenvalue weighted by Crippen LogP contribution is 2.25. The van der Waals surface area contributed by atoms with Gasteiger partial charge in [0.2, 0.25) is 0 Å². The predicted octanol–water partition coefficient (Wildman–Crippen LogP) is 2.92. The van der Waals surface area contributed by atoms with Crippen molar-refractivity contribution in [1.82, 2.24) is 45.7 Å². The number of aromatic nitrogens is 8. The second kappa shape index (κ2) is 9.15. The number of halogens is 1. The molecule has 11 heteroatoms. The molecule has 0 unspecified atom stereocenters. The Hall–Kier alpha value is -3.79. The molecule has 1 aromatic carbocycles. The Kier molecular flexibility index (Phi) is 6.13. The quantitative estimate of drug-likeness (QED) is 0.476. The van der Waals surface area contributed by atoms with Crippen LogP contribution in [-0.4, -0.2) is 46.3 Å². The third-order valence-electron chi connectivity index (χ3n) is 4.63. The predicted molar refractivity (Wildman–Crippen MR) is 117 cm³/mol. The van der Waals surface area contributed by atoms with E-state index in [0.29, 0.717) is 34.0 Å². The molecule has 1 amide bonds. The highest BCUT2D eigenvalue weighted by atomic mass is 35.5.